The average Bonchev–Trinajstić information content (AvgIpc) is 3.10. The van der Waals surface area contributed by atoms with E-state index >= 15 is 0 Å². The summed E-state index contributed by atoms with van der Waals surface area (Å²) >= 11 is 5.00. The third-order valence-electron chi connectivity index (χ3n) is 4.46. The van der Waals surface area contributed by atoms with E-state index in [1.54, 1.807) is 18.0 Å². The van der Waals surface area contributed by atoms with Crippen LogP contribution in [-0.2, 0) is 12.3 Å². The molecule has 1 aromatic carbocycles. The van der Waals surface area contributed by atoms with Crippen LogP contribution in [0.1, 0.15) is 36.2 Å². The Bertz CT molecular complexity index is 1090. The summed E-state index contributed by atoms with van der Waals surface area (Å²) < 4.78 is 14.0. The molecule has 0 unspecified atom stereocenters. The van der Waals surface area contributed by atoms with E-state index in [0.29, 0.717) is 29.9 Å². The summed E-state index contributed by atoms with van der Waals surface area (Å²) in [7, 11) is 0. The molecule has 0 atom stereocenters. The molecular formula is C19H16BrN5O2S. The third kappa shape index (κ3) is 3.77. The van der Waals surface area contributed by atoms with Crippen molar-refractivity contribution < 1.29 is 8.94 Å². The summed E-state index contributed by atoms with van der Waals surface area (Å²) in [6, 6.07) is 11.7. The van der Waals surface area contributed by atoms with Gasteiger partial charge in [0.05, 0.1) is 18.6 Å². The number of halogens is 1. The van der Waals surface area contributed by atoms with Crippen molar-refractivity contribution in [3.8, 4) is 11.4 Å². The quantitative estimate of drug-likeness (QED) is 0.364. The number of thioether (sulfide) groups is 1. The Kier molecular flexibility index (Phi) is 4.77. The minimum atomic E-state index is 0.503. The Labute approximate surface area is 173 Å². The van der Waals surface area contributed by atoms with Gasteiger partial charge in [0.2, 0.25) is 11.7 Å². The van der Waals surface area contributed by atoms with Gasteiger partial charge in [-0.2, -0.15) is 4.98 Å². The SMILES string of the molecule is Brc1cccc(-c2noc(CSc3nnc(C4CC4)n3Cc3ccco3)n2)c1. The number of hydrogen-bond acceptors (Lipinski definition) is 7. The number of aromatic nitrogens is 5. The maximum absolute atomic E-state index is 5.51. The molecule has 1 aliphatic rings. The summed E-state index contributed by atoms with van der Waals surface area (Å²) in [6.07, 6.45) is 4.02. The molecule has 3 aromatic heterocycles. The summed E-state index contributed by atoms with van der Waals surface area (Å²) in [5, 5.41) is 13.7. The molecule has 0 saturated heterocycles. The van der Waals surface area contributed by atoms with Crippen molar-refractivity contribution in [1.82, 2.24) is 24.9 Å². The van der Waals surface area contributed by atoms with Gasteiger partial charge in [0.1, 0.15) is 11.6 Å². The molecule has 0 aliphatic heterocycles. The van der Waals surface area contributed by atoms with Crippen molar-refractivity contribution in [2.75, 3.05) is 0 Å². The van der Waals surface area contributed by atoms with E-state index in [2.05, 4.69) is 40.8 Å². The van der Waals surface area contributed by atoms with Crippen LogP contribution in [0.25, 0.3) is 11.4 Å². The predicted molar refractivity (Wildman–Crippen MR) is 107 cm³/mol. The van der Waals surface area contributed by atoms with E-state index < -0.39 is 0 Å². The van der Waals surface area contributed by atoms with Gasteiger partial charge >= 0.3 is 0 Å². The molecule has 0 bridgehead atoms. The molecular weight excluding hydrogens is 442 g/mol. The molecule has 1 fully saturated rings. The maximum atomic E-state index is 5.51. The smallest absolute Gasteiger partial charge is 0.237 e. The molecule has 0 spiro atoms. The van der Waals surface area contributed by atoms with Crippen LogP contribution in [0.2, 0.25) is 0 Å². The highest BCUT2D eigenvalue weighted by Gasteiger charge is 2.30. The molecule has 3 heterocycles. The molecule has 7 nitrogen and oxygen atoms in total. The monoisotopic (exact) mass is 457 g/mol. The summed E-state index contributed by atoms with van der Waals surface area (Å²) in [4.78, 5) is 4.50. The Morgan fingerprint density at radius 2 is 2.11 bits per heavy atom. The topological polar surface area (TPSA) is 82.8 Å². The van der Waals surface area contributed by atoms with Gasteiger partial charge in [-0.1, -0.05) is 45.0 Å². The molecule has 1 saturated carbocycles. The van der Waals surface area contributed by atoms with Gasteiger partial charge in [0, 0.05) is 16.0 Å². The normalized spacial score (nSPS) is 13.9. The number of furan rings is 1. The van der Waals surface area contributed by atoms with E-state index in [1.165, 1.54) is 12.8 Å². The van der Waals surface area contributed by atoms with Crippen LogP contribution in [0.15, 0.2) is 61.2 Å². The standard InChI is InChI=1S/C19H16BrN5O2S/c20-14-4-1-3-13(9-14)17-21-16(27-24-17)11-28-19-23-22-18(12-6-7-12)25(19)10-15-5-2-8-26-15/h1-5,8-9,12H,6-7,10-11H2. The maximum Gasteiger partial charge on any atom is 0.237 e. The highest BCUT2D eigenvalue weighted by atomic mass is 79.9. The minimum Gasteiger partial charge on any atom is -0.467 e. The zero-order valence-corrected chi connectivity index (χ0v) is 17.2. The first-order valence-electron chi connectivity index (χ1n) is 8.93. The van der Waals surface area contributed by atoms with Crippen molar-refractivity contribution in [3.05, 3.63) is 64.6 Å². The minimum absolute atomic E-state index is 0.503. The fourth-order valence-corrected chi connectivity index (χ4v) is 4.12. The first kappa shape index (κ1) is 17.7. The molecule has 0 radical (unpaired) electrons. The Balaban J connectivity index is 1.33. The van der Waals surface area contributed by atoms with Crippen LogP contribution in [-0.4, -0.2) is 24.9 Å². The molecule has 5 rings (SSSR count). The van der Waals surface area contributed by atoms with Gasteiger partial charge in [0.15, 0.2) is 5.16 Å². The predicted octanol–water partition coefficient (Wildman–Crippen LogP) is 4.90. The van der Waals surface area contributed by atoms with Crippen LogP contribution in [0.4, 0.5) is 0 Å². The molecule has 28 heavy (non-hydrogen) atoms. The highest BCUT2D eigenvalue weighted by molar-refractivity contribution is 9.10. The van der Waals surface area contributed by atoms with Crippen molar-refractivity contribution in [2.45, 2.75) is 36.2 Å². The lowest BCUT2D eigenvalue weighted by Gasteiger charge is -2.07. The second-order valence-electron chi connectivity index (χ2n) is 6.59. The second-order valence-corrected chi connectivity index (χ2v) is 8.45. The molecule has 0 N–H and O–H groups in total. The van der Waals surface area contributed by atoms with Gasteiger partial charge in [-0.25, -0.2) is 0 Å². The fourth-order valence-electron chi connectivity index (χ4n) is 2.94. The van der Waals surface area contributed by atoms with Crippen LogP contribution >= 0.6 is 27.7 Å². The van der Waals surface area contributed by atoms with Gasteiger partial charge < -0.3 is 8.94 Å². The lowest BCUT2D eigenvalue weighted by atomic mass is 10.2. The van der Waals surface area contributed by atoms with Gasteiger partial charge in [0.25, 0.3) is 0 Å². The van der Waals surface area contributed by atoms with Crippen LogP contribution in [0.3, 0.4) is 0 Å². The summed E-state index contributed by atoms with van der Waals surface area (Å²) in [5.74, 6) is 4.08. The zero-order chi connectivity index (χ0) is 18.9. The van der Waals surface area contributed by atoms with Gasteiger partial charge in [-0.15, -0.1) is 10.2 Å². The Hall–Kier alpha value is -2.39. The summed E-state index contributed by atoms with van der Waals surface area (Å²) in [6.45, 7) is 0.626. The first-order valence-corrected chi connectivity index (χ1v) is 10.7. The van der Waals surface area contributed by atoms with E-state index in [1.807, 2.05) is 36.4 Å². The molecule has 9 heteroatoms. The highest BCUT2D eigenvalue weighted by Crippen LogP contribution is 2.40. The largest absolute Gasteiger partial charge is 0.467 e. The third-order valence-corrected chi connectivity index (χ3v) is 5.90. The fraction of sp³-hybridized carbons (Fsp3) is 0.263. The zero-order valence-electron chi connectivity index (χ0n) is 14.8. The van der Waals surface area contributed by atoms with Crippen molar-refractivity contribution >= 4 is 27.7 Å². The first-order chi connectivity index (χ1) is 13.8. The molecule has 4 aromatic rings. The van der Waals surface area contributed by atoms with Crippen molar-refractivity contribution in [2.24, 2.45) is 0 Å². The van der Waals surface area contributed by atoms with Crippen LogP contribution in [0, 0.1) is 0 Å². The van der Waals surface area contributed by atoms with E-state index in [-0.39, 0.29) is 0 Å². The second kappa shape index (κ2) is 7.56. The van der Waals surface area contributed by atoms with Gasteiger partial charge in [-0.3, -0.25) is 4.57 Å². The molecule has 0 amide bonds. The Morgan fingerprint density at radius 1 is 1.18 bits per heavy atom. The number of rotatable bonds is 7. The van der Waals surface area contributed by atoms with E-state index in [4.69, 9.17) is 8.94 Å². The molecule has 1 aliphatic carbocycles. The summed E-state index contributed by atoms with van der Waals surface area (Å²) in [5.41, 5.74) is 0.909. The molecule has 142 valence electrons. The van der Waals surface area contributed by atoms with Crippen molar-refractivity contribution in [3.63, 3.8) is 0 Å². The van der Waals surface area contributed by atoms with Crippen molar-refractivity contribution in [1.29, 1.82) is 0 Å². The number of nitrogens with zero attached hydrogens (tertiary/aromatic N) is 5. The van der Waals surface area contributed by atoms with E-state index in [0.717, 1.165) is 26.8 Å². The lowest BCUT2D eigenvalue weighted by molar-refractivity contribution is 0.391. The van der Waals surface area contributed by atoms with Crippen LogP contribution in [0.5, 0.6) is 0 Å². The number of hydrogen-bond donors (Lipinski definition) is 0. The van der Waals surface area contributed by atoms with Gasteiger partial charge in [-0.05, 0) is 37.1 Å². The van der Waals surface area contributed by atoms with E-state index in [9.17, 15) is 0 Å². The van der Waals surface area contributed by atoms with Crippen LogP contribution < -0.4 is 0 Å². The average molecular weight is 458 g/mol. The Morgan fingerprint density at radius 3 is 2.89 bits per heavy atom. The lowest BCUT2D eigenvalue weighted by Crippen LogP contribution is -2.05. The number of benzene rings is 1.